The summed E-state index contributed by atoms with van der Waals surface area (Å²) in [5, 5.41) is 0. The van der Waals surface area contributed by atoms with Gasteiger partial charge in [-0.25, -0.2) is 21.5 Å². The molecule has 0 heterocycles. The van der Waals surface area contributed by atoms with E-state index < -0.39 is 27.6 Å². The molecule has 0 bridgehead atoms. The molecule has 1 amide bonds. The lowest BCUT2D eigenvalue weighted by atomic mass is 10.2. The highest BCUT2D eigenvalue weighted by atomic mass is 32.2. The molecule has 2 aromatic carbocycles. The number of nitrogens with zero attached hydrogens (tertiary/aromatic N) is 1. The SMILES string of the molecule is COc1ccc(S(=O)(=O)N(C)C(=O)c2ccc(F)c(F)c2)cc1. The van der Waals surface area contributed by atoms with E-state index in [1.54, 1.807) is 0 Å². The van der Waals surface area contributed by atoms with Gasteiger partial charge in [-0.2, -0.15) is 0 Å². The summed E-state index contributed by atoms with van der Waals surface area (Å²) < 4.78 is 56.3. The van der Waals surface area contributed by atoms with Gasteiger partial charge in [0.05, 0.1) is 12.0 Å². The number of methoxy groups -OCH3 is 1. The van der Waals surface area contributed by atoms with Crippen molar-refractivity contribution in [1.29, 1.82) is 0 Å². The first kappa shape index (κ1) is 16.9. The topological polar surface area (TPSA) is 63.7 Å². The van der Waals surface area contributed by atoms with Crippen LogP contribution in [0, 0.1) is 11.6 Å². The number of carbonyl (C=O) groups is 1. The highest BCUT2D eigenvalue weighted by molar-refractivity contribution is 7.89. The van der Waals surface area contributed by atoms with E-state index in [9.17, 15) is 22.0 Å². The van der Waals surface area contributed by atoms with Crippen molar-refractivity contribution in [3.8, 4) is 5.75 Å². The van der Waals surface area contributed by atoms with E-state index in [0.29, 0.717) is 16.1 Å². The smallest absolute Gasteiger partial charge is 0.267 e. The fourth-order valence-corrected chi connectivity index (χ4v) is 2.95. The van der Waals surface area contributed by atoms with Crippen molar-refractivity contribution < 1.29 is 26.7 Å². The molecule has 0 fully saturated rings. The molecule has 0 saturated carbocycles. The predicted molar refractivity (Wildman–Crippen MR) is 78.6 cm³/mol. The molecule has 0 radical (unpaired) electrons. The first-order valence-electron chi connectivity index (χ1n) is 6.39. The maximum Gasteiger partial charge on any atom is 0.267 e. The van der Waals surface area contributed by atoms with Gasteiger partial charge in [-0.1, -0.05) is 0 Å². The Kier molecular flexibility index (Phi) is 4.65. The molecular formula is C15H13F2NO4S. The van der Waals surface area contributed by atoms with Crippen molar-refractivity contribution in [1.82, 2.24) is 4.31 Å². The van der Waals surface area contributed by atoms with Crippen LogP contribution in [-0.2, 0) is 10.0 Å². The van der Waals surface area contributed by atoms with Crippen LogP contribution in [0.25, 0.3) is 0 Å². The summed E-state index contributed by atoms with van der Waals surface area (Å²) in [7, 11) is -1.64. The molecule has 2 rings (SSSR count). The summed E-state index contributed by atoms with van der Waals surface area (Å²) in [5.41, 5.74) is -0.275. The van der Waals surface area contributed by atoms with Gasteiger partial charge in [0, 0.05) is 12.6 Å². The lowest BCUT2D eigenvalue weighted by Gasteiger charge is -2.18. The van der Waals surface area contributed by atoms with Crippen molar-refractivity contribution in [2.75, 3.05) is 14.2 Å². The van der Waals surface area contributed by atoms with Gasteiger partial charge in [0.2, 0.25) is 0 Å². The first-order chi connectivity index (χ1) is 10.8. The van der Waals surface area contributed by atoms with Crippen LogP contribution in [0.4, 0.5) is 8.78 Å². The minimum absolute atomic E-state index is 0.128. The van der Waals surface area contributed by atoms with Crippen LogP contribution in [0.3, 0.4) is 0 Å². The molecule has 0 N–H and O–H groups in total. The van der Waals surface area contributed by atoms with Gasteiger partial charge in [-0.15, -0.1) is 0 Å². The zero-order valence-corrected chi connectivity index (χ0v) is 13.1. The number of hydrogen-bond acceptors (Lipinski definition) is 4. The molecular weight excluding hydrogens is 328 g/mol. The Morgan fingerprint density at radius 1 is 1.04 bits per heavy atom. The van der Waals surface area contributed by atoms with E-state index >= 15 is 0 Å². The number of ether oxygens (including phenoxy) is 1. The van der Waals surface area contributed by atoms with E-state index in [1.165, 1.54) is 31.4 Å². The van der Waals surface area contributed by atoms with Crippen LogP contribution in [0.2, 0.25) is 0 Å². The largest absolute Gasteiger partial charge is 0.497 e. The Hall–Kier alpha value is -2.48. The average Bonchev–Trinajstić information content (AvgIpc) is 2.56. The van der Waals surface area contributed by atoms with Crippen molar-refractivity contribution in [3.63, 3.8) is 0 Å². The molecule has 23 heavy (non-hydrogen) atoms. The molecule has 0 unspecified atom stereocenters. The second kappa shape index (κ2) is 6.33. The summed E-state index contributed by atoms with van der Waals surface area (Å²) >= 11 is 0. The molecule has 0 aliphatic heterocycles. The minimum Gasteiger partial charge on any atom is -0.497 e. The van der Waals surface area contributed by atoms with Gasteiger partial charge in [0.1, 0.15) is 5.75 Å². The zero-order valence-electron chi connectivity index (χ0n) is 12.3. The molecule has 0 aliphatic rings. The highest BCUT2D eigenvalue weighted by Gasteiger charge is 2.27. The average molecular weight is 341 g/mol. The van der Waals surface area contributed by atoms with Crippen LogP contribution >= 0.6 is 0 Å². The zero-order chi connectivity index (χ0) is 17.2. The standard InChI is InChI=1S/C15H13F2NO4S/c1-18(15(19)10-3-8-13(16)14(17)9-10)23(20,21)12-6-4-11(22-2)5-7-12/h3-9H,1-2H3. The van der Waals surface area contributed by atoms with E-state index in [4.69, 9.17) is 4.74 Å². The monoisotopic (exact) mass is 341 g/mol. The predicted octanol–water partition coefficient (Wildman–Crippen LogP) is 2.43. The third-order valence-corrected chi connectivity index (χ3v) is 4.93. The Balaban J connectivity index is 2.34. The number of benzene rings is 2. The Morgan fingerprint density at radius 2 is 1.65 bits per heavy atom. The Morgan fingerprint density at radius 3 is 2.17 bits per heavy atom. The number of carbonyl (C=O) groups excluding carboxylic acids is 1. The third kappa shape index (κ3) is 3.31. The maximum atomic E-state index is 13.2. The van der Waals surface area contributed by atoms with Crippen LogP contribution in [-0.4, -0.2) is 32.8 Å². The van der Waals surface area contributed by atoms with Crippen LogP contribution in [0.15, 0.2) is 47.4 Å². The lowest BCUT2D eigenvalue weighted by molar-refractivity contribution is 0.0882. The molecule has 0 saturated heterocycles. The molecule has 122 valence electrons. The third-order valence-electron chi connectivity index (χ3n) is 3.17. The maximum absolute atomic E-state index is 13.2. The van der Waals surface area contributed by atoms with E-state index in [-0.39, 0.29) is 10.5 Å². The fourth-order valence-electron chi connectivity index (χ4n) is 1.83. The summed E-state index contributed by atoms with van der Waals surface area (Å²) in [6.45, 7) is 0. The fraction of sp³-hybridized carbons (Fsp3) is 0.133. The second-order valence-electron chi connectivity index (χ2n) is 4.58. The van der Waals surface area contributed by atoms with Crippen LogP contribution in [0.1, 0.15) is 10.4 Å². The van der Waals surface area contributed by atoms with Gasteiger partial charge >= 0.3 is 0 Å². The summed E-state index contributed by atoms with van der Waals surface area (Å²) in [4.78, 5) is 12.1. The first-order valence-corrected chi connectivity index (χ1v) is 7.83. The van der Waals surface area contributed by atoms with E-state index in [2.05, 4.69) is 0 Å². The molecule has 0 aromatic heterocycles. The number of hydrogen-bond donors (Lipinski definition) is 0. The quantitative estimate of drug-likeness (QED) is 0.857. The van der Waals surface area contributed by atoms with Gasteiger partial charge in [0.25, 0.3) is 15.9 Å². The summed E-state index contributed by atoms with van der Waals surface area (Å²) in [6, 6.07) is 7.85. The van der Waals surface area contributed by atoms with Crippen LogP contribution < -0.4 is 4.74 Å². The van der Waals surface area contributed by atoms with Crippen molar-refractivity contribution in [3.05, 3.63) is 59.7 Å². The number of halogens is 2. The molecule has 5 nitrogen and oxygen atoms in total. The number of sulfonamides is 1. The van der Waals surface area contributed by atoms with Crippen molar-refractivity contribution in [2.24, 2.45) is 0 Å². The molecule has 2 aromatic rings. The molecule has 0 atom stereocenters. The highest BCUT2D eigenvalue weighted by Crippen LogP contribution is 2.20. The summed E-state index contributed by atoms with van der Waals surface area (Å²) in [6.07, 6.45) is 0. The minimum atomic E-state index is -4.12. The van der Waals surface area contributed by atoms with Gasteiger partial charge in [-0.3, -0.25) is 4.79 Å². The molecule has 0 spiro atoms. The molecule has 8 heteroatoms. The van der Waals surface area contributed by atoms with Gasteiger partial charge < -0.3 is 4.74 Å². The Labute approximate surface area is 132 Å². The number of amides is 1. The van der Waals surface area contributed by atoms with Crippen molar-refractivity contribution >= 4 is 15.9 Å². The summed E-state index contributed by atoms with van der Waals surface area (Å²) in [5.74, 6) is -2.87. The van der Waals surface area contributed by atoms with Crippen molar-refractivity contribution in [2.45, 2.75) is 4.90 Å². The Bertz CT molecular complexity index is 835. The number of rotatable bonds is 4. The van der Waals surface area contributed by atoms with Crippen LogP contribution in [0.5, 0.6) is 5.75 Å². The molecule has 0 aliphatic carbocycles. The normalized spacial score (nSPS) is 11.1. The second-order valence-corrected chi connectivity index (χ2v) is 6.55. The van der Waals surface area contributed by atoms with E-state index in [1.807, 2.05) is 0 Å². The lowest BCUT2D eigenvalue weighted by Crippen LogP contribution is -2.33. The van der Waals surface area contributed by atoms with Gasteiger partial charge in [0.15, 0.2) is 11.6 Å². The van der Waals surface area contributed by atoms with E-state index in [0.717, 1.165) is 19.2 Å². The van der Waals surface area contributed by atoms with Gasteiger partial charge in [-0.05, 0) is 42.5 Å².